The van der Waals surface area contributed by atoms with Crippen LogP contribution in [0.3, 0.4) is 0 Å². The fourth-order valence-corrected chi connectivity index (χ4v) is 2.99. The number of ether oxygens (including phenoxy) is 1. The molecule has 0 saturated carbocycles. The van der Waals surface area contributed by atoms with Crippen molar-refractivity contribution in [1.29, 1.82) is 0 Å². The molecule has 25 heavy (non-hydrogen) atoms. The molecule has 1 aliphatic rings. The van der Waals surface area contributed by atoms with Crippen LogP contribution in [0.2, 0.25) is 0 Å². The maximum absolute atomic E-state index is 12.8. The van der Waals surface area contributed by atoms with E-state index in [1.807, 2.05) is 26.0 Å². The summed E-state index contributed by atoms with van der Waals surface area (Å²) in [7, 11) is 0. The molecule has 4 rings (SSSR count). The van der Waals surface area contributed by atoms with Crippen molar-refractivity contribution >= 4 is 16.9 Å². The van der Waals surface area contributed by atoms with Crippen LogP contribution in [0.15, 0.2) is 27.0 Å². The maximum atomic E-state index is 12.8. The van der Waals surface area contributed by atoms with Crippen LogP contribution in [-0.4, -0.2) is 40.7 Å². The summed E-state index contributed by atoms with van der Waals surface area (Å²) in [6.07, 6.45) is -0.409. The summed E-state index contributed by atoms with van der Waals surface area (Å²) in [5.41, 5.74) is 3.04. The van der Waals surface area contributed by atoms with Gasteiger partial charge >= 0.3 is 0 Å². The van der Waals surface area contributed by atoms with Crippen LogP contribution in [-0.2, 0) is 4.74 Å². The number of aryl methyl sites for hydroxylation is 3. The highest BCUT2D eigenvalue weighted by molar-refractivity contribution is 5.96. The topological polar surface area (TPSA) is 81.6 Å². The van der Waals surface area contributed by atoms with E-state index in [1.54, 1.807) is 17.9 Å². The number of furan rings is 1. The highest BCUT2D eigenvalue weighted by atomic mass is 16.5. The predicted molar refractivity (Wildman–Crippen MR) is 89.3 cm³/mol. The summed E-state index contributed by atoms with van der Waals surface area (Å²) in [5.74, 6) is 1.05. The van der Waals surface area contributed by atoms with Gasteiger partial charge < -0.3 is 18.5 Å². The number of rotatable bonds is 2. The first-order valence-electron chi connectivity index (χ1n) is 8.23. The maximum Gasteiger partial charge on any atom is 0.289 e. The van der Waals surface area contributed by atoms with Crippen molar-refractivity contribution in [2.24, 2.45) is 0 Å². The van der Waals surface area contributed by atoms with Gasteiger partial charge in [-0.3, -0.25) is 4.79 Å². The molecule has 1 fully saturated rings. The average molecular weight is 341 g/mol. The van der Waals surface area contributed by atoms with Crippen molar-refractivity contribution in [3.05, 3.63) is 46.9 Å². The van der Waals surface area contributed by atoms with Crippen molar-refractivity contribution in [3.63, 3.8) is 0 Å². The van der Waals surface area contributed by atoms with Crippen molar-refractivity contribution < 1.29 is 18.4 Å². The second-order valence-electron chi connectivity index (χ2n) is 6.35. The number of nitrogens with zero attached hydrogens (tertiary/aromatic N) is 3. The Kier molecular flexibility index (Phi) is 3.80. The van der Waals surface area contributed by atoms with Crippen LogP contribution in [0.25, 0.3) is 11.0 Å². The number of aromatic nitrogens is 2. The molecule has 3 aromatic rings. The van der Waals surface area contributed by atoms with Crippen LogP contribution in [0.5, 0.6) is 0 Å². The van der Waals surface area contributed by atoms with E-state index >= 15 is 0 Å². The van der Waals surface area contributed by atoms with E-state index in [2.05, 4.69) is 10.2 Å². The Hall–Kier alpha value is -2.67. The number of hydrogen-bond donors (Lipinski definition) is 0. The van der Waals surface area contributed by atoms with Gasteiger partial charge in [-0.15, -0.1) is 10.2 Å². The SMILES string of the molecule is Cc1nnc([C@H]2CN(C(=O)c3cc4cc(C)c(C)cc4o3)CCO2)o1. The van der Waals surface area contributed by atoms with Crippen LogP contribution in [0, 0.1) is 20.8 Å². The molecule has 2 aromatic heterocycles. The number of hydrogen-bond acceptors (Lipinski definition) is 6. The predicted octanol–water partition coefficient (Wildman–Crippen LogP) is 2.95. The monoisotopic (exact) mass is 341 g/mol. The normalized spacial score (nSPS) is 18.0. The fourth-order valence-electron chi connectivity index (χ4n) is 2.99. The lowest BCUT2D eigenvalue weighted by molar-refractivity contribution is -0.0356. The minimum absolute atomic E-state index is 0.156. The minimum Gasteiger partial charge on any atom is -0.451 e. The molecule has 1 aromatic carbocycles. The lowest BCUT2D eigenvalue weighted by Gasteiger charge is -2.30. The lowest BCUT2D eigenvalue weighted by atomic mass is 10.1. The van der Waals surface area contributed by atoms with Gasteiger partial charge in [-0.1, -0.05) is 0 Å². The third-order valence-electron chi connectivity index (χ3n) is 4.51. The van der Waals surface area contributed by atoms with Crippen molar-refractivity contribution in [1.82, 2.24) is 15.1 Å². The van der Waals surface area contributed by atoms with Gasteiger partial charge in [0.1, 0.15) is 5.58 Å². The standard InChI is InChI=1S/C18H19N3O4/c1-10-6-13-8-15(25-14(13)7-11(10)2)18(22)21-4-5-23-16(9-21)17-20-19-12(3)24-17/h6-8,16H,4-5,9H2,1-3H3/t16-/m1/s1. The molecule has 0 spiro atoms. The molecule has 130 valence electrons. The van der Waals surface area contributed by atoms with Crippen LogP contribution in [0.1, 0.15) is 39.6 Å². The van der Waals surface area contributed by atoms with Gasteiger partial charge in [0.15, 0.2) is 11.9 Å². The summed E-state index contributed by atoms with van der Waals surface area (Å²) in [6, 6.07) is 5.80. The molecule has 1 atom stereocenters. The Balaban J connectivity index is 1.57. The van der Waals surface area contributed by atoms with Crippen LogP contribution < -0.4 is 0 Å². The lowest BCUT2D eigenvalue weighted by Crippen LogP contribution is -2.42. The molecule has 3 heterocycles. The van der Waals surface area contributed by atoms with E-state index in [4.69, 9.17) is 13.6 Å². The molecule has 7 heteroatoms. The van der Waals surface area contributed by atoms with Crippen molar-refractivity contribution in [2.75, 3.05) is 19.7 Å². The summed E-state index contributed by atoms with van der Waals surface area (Å²) < 4.78 is 16.9. The summed E-state index contributed by atoms with van der Waals surface area (Å²) >= 11 is 0. The summed E-state index contributed by atoms with van der Waals surface area (Å²) in [5, 5.41) is 8.74. The Morgan fingerprint density at radius 1 is 1.12 bits per heavy atom. The second kappa shape index (κ2) is 6.00. The quantitative estimate of drug-likeness (QED) is 0.713. The molecule has 1 amide bonds. The molecule has 0 N–H and O–H groups in total. The Bertz CT molecular complexity index is 904. The van der Waals surface area contributed by atoms with Crippen molar-refractivity contribution in [3.8, 4) is 0 Å². The van der Waals surface area contributed by atoms with Gasteiger partial charge in [0, 0.05) is 18.9 Å². The molecule has 7 nitrogen and oxygen atoms in total. The second-order valence-corrected chi connectivity index (χ2v) is 6.35. The van der Waals surface area contributed by atoms with Gasteiger partial charge in [-0.25, -0.2) is 0 Å². The van der Waals surface area contributed by atoms with Gasteiger partial charge in [0.2, 0.25) is 11.8 Å². The zero-order valence-electron chi connectivity index (χ0n) is 14.4. The van der Waals surface area contributed by atoms with E-state index in [0.717, 1.165) is 16.5 Å². The number of fused-ring (bicyclic) bond motifs is 1. The smallest absolute Gasteiger partial charge is 0.289 e. The fraction of sp³-hybridized carbons (Fsp3) is 0.389. The van der Waals surface area contributed by atoms with Gasteiger partial charge in [0.25, 0.3) is 5.91 Å². The molecule has 0 radical (unpaired) electrons. The minimum atomic E-state index is -0.409. The number of amides is 1. The molecule has 0 aliphatic carbocycles. The van der Waals surface area contributed by atoms with Crippen LogP contribution >= 0.6 is 0 Å². The summed E-state index contributed by atoms with van der Waals surface area (Å²) in [4.78, 5) is 14.5. The highest BCUT2D eigenvalue weighted by Crippen LogP contribution is 2.26. The zero-order chi connectivity index (χ0) is 17.6. The largest absolute Gasteiger partial charge is 0.451 e. The first-order valence-corrected chi connectivity index (χ1v) is 8.23. The Morgan fingerprint density at radius 2 is 1.92 bits per heavy atom. The van der Waals surface area contributed by atoms with E-state index in [1.165, 1.54) is 5.56 Å². The van der Waals surface area contributed by atoms with Crippen molar-refractivity contribution in [2.45, 2.75) is 26.9 Å². The molecule has 0 unspecified atom stereocenters. The molecule has 1 saturated heterocycles. The number of carbonyl (C=O) groups is 1. The van der Waals surface area contributed by atoms with Gasteiger partial charge in [0.05, 0.1) is 13.2 Å². The molecular formula is C18H19N3O4. The number of benzene rings is 1. The average Bonchev–Trinajstić information content (AvgIpc) is 3.21. The van der Waals surface area contributed by atoms with E-state index < -0.39 is 6.10 Å². The first-order chi connectivity index (χ1) is 12.0. The van der Waals surface area contributed by atoms with Crippen LogP contribution in [0.4, 0.5) is 0 Å². The van der Waals surface area contributed by atoms with E-state index in [9.17, 15) is 4.79 Å². The van der Waals surface area contributed by atoms with E-state index in [0.29, 0.717) is 37.2 Å². The number of carbonyl (C=O) groups excluding carboxylic acids is 1. The summed E-state index contributed by atoms with van der Waals surface area (Å²) in [6.45, 7) is 7.06. The third-order valence-corrected chi connectivity index (χ3v) is 4.51. The zero-order valence-corrected chi connectivity index (χ0v) is 14.4. The highest BCUT2D eigenvalue weighted by Gasteiger charge is 2.30. The van der Waals surface area contributed by atoms with E-state index in [-0.39, 0.29) is 5.91 Å². The molecule has 1 aliphatic heterocycles. The Labute approximate surface area is 144 Å². The number of morpholine rings is 1. The Morgan fingerprint density at radius 3 is 2.68 bits per heavy atom. The molecule has 0 bridgehead atoms. The third kappa shape index (κ3) is 2.91. The first kappa shape index (κ1) is 15.8. The molecular weight excluding hydrogens is 322 g/mol. The van der Waals surface area contributed by atoms with Gasteiger partial charge in [-0.2, -0.15) is 0 Å². The van der Waals surface area contributed by atoms with Gasteiger partial charge in [-0.05, 0) is 43.2 Å².